The molecule has 0 N–H and O–H groups in total. The fraction of sp³-hybridized carbons (Fsp3) is 0.619. The van der Waals surface area contributed by atoms with E-state index in [1.54, 1.807) is 24.3 Å². The molecule has 3 rings (SSSR count). The molecule has 1 aromatic carbocycles. The van der Waals surface area contributed by atoms with Crippen molar-refractivity contribution in [3.63, 3.8) is 0 Å². The summed E-state index contributed by atoms with van der Waals surface area (Å²) < 4.78 is 5.55. The van der Waals surface area contributed by atoms with E-state index in [0.29, 0.717) is 35.8 Å². The van der Waals surface area contributed by atoms with Crippen LogP contribution < -0.4 is 4.74 Å². The third kappa shape index (κ3) is 5.16. The lowest BCUT2D eigenvalue weighted by Gasteiger charge is -2.39. The van der Waals surface area contributed by atoms with Gasteiger partial charge < -0.3 is 14.5 Å². The van der Waals surface area contributed by atoms with Crippen LogP contribution in [0.5, 0.6) is 5.75 Å². The third-order valence-electron chi connectivity index (χ3n) is 5.75. The van der Waals surface area contributed by atoms with E-state index in [4.69, 9.17) is 16.3 Å². The lowest BCUT2D eigenvalue weighted by molar-refractivity contribution is -0.144. The zero-order valence-electron chi connectivity index (χ0n) is 16.0. The summed E-state index contributed by atoms with van der Waals surface area (Å²) in [5.74, 6) is 0.957. The zero-order valence-corrected chi connectivity index (χ0v) is 16.8. The molecule has 2 aliphatic rings. The summed E-state index contributed by atoms with van der Waals surface area (Å²) in [5, 5.41) is 0.638. The Labute approximate surface area is 166 Å². The van der Waals surface area contributed by atoms with Gasteiger partial charge in [-0.2, -0.15) is 0 Å². The van der Waals surface area contributed by atoms with Gasteiger partial charge in [0.25, 0.3) is 5.91 Å². The molecule has 148 valence electrons. The van der Waals surface area contributed by atoms with Gasteiger partial charge in [-0.3, -0.25) is 9.59 Å². The van der Waals surface area contributed by atoms with Gasteiger partial charge in [0.2, 0.25) is 5.91 Å². The predicted molar refractivity (Wildman–Crippen MR) is 106 cm³/mol. The molecule has 0 spiro atoms. The molecule has 2 heterocycles. The lowest BCUT2D eigenvalue weighted by atomic mass is 9.92. The number of carbonyl (C=O) groups is 2. The second kappa shape index (κ2) is 9.45. The van der Waals surface area contributed by atoms with Crippen molar-refractivity contribution in [1.82, 2.24) is 9.80 Å². The van der Waals surface area contributed by atoms with Gasteiger partial charge in [0.1, 0.15) is 5.75 Å². The molecule has 1 unspecified atom stereocenters. The minimum Gasteiger partial charge on any atom is -0.484 e. The average molecular weight is 393 g/mol. The van der Waals surface area contributed by atoms with E-state index in [0.717, 1.165) is 38.6 Å². The van der Waals surface area contributed by atoms with Crippen LogP contribution >= 0.6 is 11.6 Å². The van der Waals surface area contributed by atoms with Crippen LogP contribution in [0.15, 0.2) is 24.3 Å². The number of rotatable bonds is 5. The fourth-order valence-electron chi connectivity index (χ4n) is 4.09. The SMILES string of the molecule is CCC1CCCCN1C(=O)C1CCN(C(=O)COc2ccc(Cl)cc2)CC1. The van der Waals surface area contributed by atoms with Crippen LogP contribution in [0.25, 0.3) is 0 Å². The van der Waals surface area contributed by atoms with E-state index in [9.17, 15) is 9.59 Å². The number of amides is 2. The molecule has 1 aromatic rings. The molecule has 0 aliphatic carbocycles. The third-order valence-corrected chi connectivity index (χ3v) is 6.01. The Balaban J connectivity index is 1.45. The molecular formula is C21H29ClN2O3. The largest absolute Gasteiger partial charge is 0.484 e. The molecule has 5 nitrogen and oxygen atoms in total. The van der Waals surface area contributed by atoms with E-state index in [2.05, 4.69) is 11.8 Å². The van der Waals surface area contributed by atoms with E-state index in [-0.39, 0.29) is 18.4 Å². The molecule has 0 radical (unpaired) electrons. The molecule has 2 aliphatic heterocycles. The first-order valence-electron chi connectivity index (χ1n) is 10.0. The Bertz CT molecular complexity index is 641. The molecule has 0 saturated carbocycles. The Morgan fingerprint density at radius 3 is 2.44 bits per heavy atom. The average Bonchev–Trinajstić information content (AvgIpc) is 2.72. The highest BCUT2D eigenvalue weighted by Gasteiger charge is 2.33. The first kappa shape index (κ1) is 20.0. The highest BCUT2D eigenvalue weighted by molar-refractivity contribution is 6.30. The number of piperidine rings is 2. The number of nitrogens with zero attached hydrogens (tertiary/aromatic N) is 2. The van der Waals surface area contributed by atoms with Gasteiger partial charge in [0.15, 0.2) is 6.61 Å². The second-order valence-electron chi connectivity index (χ2n) is 7.49. The molecule has 6 heteroatoms. The van der Waals surface area contributed by atoms with Crippen LogP contribution in [0.1, 0.15) is 45.4 Å². The maximum atomic E-state index is 12.9. The van der Waals surface area contributed by atoms with E-state index in [1.165, 1.54) is 6.42 Å². The summed E-state index contributed by atoms with van der Waals surface area (Å²) in [6, 6.07) is 7.39. The molecule has 0 bridgehead atoms. The quantitative estimate of drug-likeness (QED) is 0.766. The molecule has 2 fully saturated rings. The summed E-state index contributed by atoms with van der Waals surface area (Å²) in [5.41, 5.74) is 0. The van der Waals surface area contributed by atoms with Gasteiger partial charge in [-0.1, -0.05) is 18.5 Å². The summed E-state index contributed by atoms with van der Waals surface area (Å²) >= 11 is 5.85. The van der Waals surface area contributed by atoms with Gasteiger partial charge >= 0.3 is 0 Å². The topological polar surface area (TPSA) is 49.9 Å². The first-order chi connectivity index (χ1) is 13.1. The van der Waals surface area contributed by atoms with E-state index in [1.807, 2.05) is 4.90 Å². The van der Waals surface area contributed by atoms with Gasteiger partial charge in [0, 0.05) is 36.6 Å². The maximum absolute atomic E-state index is 12.9. The number of hydrogen-bond donors (Lipinski definition) is 0. The van der Waals surface area contributed by atoms with Crippen LogP contribution in [0, 0.1) is 5.92 Å². The van der Waals surface area contributed by atoms with Crippen molar-refractivity contribution >= 4 is 23.4 Å². The minimum atomic E-state index is -0.0275. The van der Waals surface area contributed by atoms with Crippen molar-refractivity contribution in [3.05, 3.63) is 29.3 Å². The fourth-order valence-corrected chi connectivity index (χ4v) is 4.22. The van der Waals surface area contributed by atoms with Crippen LogP contribution in [0.3, 0.4) is 0 Å². The Morgan fingerprint density at radius 1 is 1.07 bits per heavy atom. The van der Waals surface area contributed by atoms with Crippen LogP contribution in [-0.4, -0.2) is 53.9 Å². The molecular weight excluding hydrogens is 364 g/mol. The number of likely N-dealkylation sites (tertiary alicyclic amines) is 2. The Kier molecular flexibility index (Phi) is 7.00. The normalized spacial score (nSPS) is 21.2. The van der Waals surface area contributed by atoms with Gasteiger partial charge in [0.05, 0.1) is 0 Å². The highest BCUT2D eigenvalue weighted by Crippen LogP contribution is 2.26. The van der Waals surface area contributed by atoms with E-state index < -0.39 is 0 Å². The van der Waals surface area contributed by atoms with Crippen molar-refractivity contribution in [2.75, 3.05) is 26.2 Å². The van der Waals surface area contributed by atoms with Crippen LogP contribution in [0.2, 0.25) is 5.02 Å². The standard InChI is InChI=1S/C21H29ClN2O3/c1-2-18-5-3-4-12-24(18)21(26)16-10-13-23(14-11-16)20(25)15-27-19-8-6-17(22)7-9-19/h6-9,16,18H,2-5,10-15H2,1H3. The molecule has 27 heavy (non-hydrogen) atoms. The van der Waals surface area contributed by atoms with Gasteiger partial charge in [-0.15, -0.1) is 0 Å². The first-order valence-corrected chi connectivity index (χ1v) is 10.4. The zero-order chi connectivity index (χ0) is 19.2. The predicted octanol–water partition coefficient (Wildman–Crippen LogP) is 3.75. The van der Waals surface area contributed by atoms with Gasteiger partial charge in [-0.05, 0) is 62.8 Å². The highest BCUT2D eigenvalue weighted by atomic mass is 35.5. The summed E-state index contributed by atoms with van der Waals surface area (Å²) in [6.45, 7) is 4.33. The number of carbonyl (C=O) groups excluding carboxylic acids is 2. The monoisotopic (exact) mass is 392 g/mol. The number of ether oxygens (including phenoxy) is 1. The maximum Gasteiger partial charge on any atom is 0.260 e. The molecule has 2 saturated heterocycles. The Morgan fingerprint density at radius 2 is 1.78 bits per heavy atom. The van der Waals surface area contributed by atoms with Crippen molar-refractivity contribution in [1.29, 1.82) is 0 Å². The molecule has 1 atom stereocenters. The minimum absolute atomic E-state index is 0.0181. The summed E-state index contributed by atoms with van der Waals surface area (Å²) in [6.07, 6.45) is 5.99. The van der Waals surface area contributed by atoms with Crippen molar-refractivity contribution in [3.8, 4) is 5.75 Å². The number of hydrogen-bond acceptors (Lipinski definition) is 3. The van der Waals surface area contributed by atoms with Crippen molar-refractivity contribution < 1.29 is 14.3 Å². The second-order valence-corrected chi connectivity index (χ2v) is 7.92. The smallest absolute Gasteiger partial charge is 0.260 e. The summed E-state index contributed by atoms with van der Waals surface area (Å²) in [4.78, 5) is 29.2. The number of benzene rings is 1. The molecule has 2 amide bonds. The van der Waals surface area contributed by atoms with Gasteiger partial charge in [-0.25, -0.2) is 0 Å². The van der Waals surface area contributed by atoms with Crippen molar-refractivity contribution in [2.24, 2.45) is 5.92 Å². The van der Waals surface area contributed by atoms with Crippen LogP contribution in [0.4, 0.5) is 0 Å². The van der Waals surface area contributed by atoms with Crippen LogP contribution in [-0.2, 0) is 9.59 Å². The lowest BCUT2D eigenvalue weighted by Crippen LogP contribution is -2.49. The number of halogens is 1. The van der Waals surface area contributed by atoms with E-state index >= 15 is 0 Å². The summed E-state index contributed by atoms with van der Waals surface area (Å²) in [7, 11) is 0. The van der Waals surface area contributed by atoms with Crippen molar-refractivity contribution in [2.45, 2.75) is 51.5 Å². The Hall–Kier alpha value is -1.75. The molecule has 0 aromatic heterocycles.